The first kappa shape index (κ1) is 15.5. The van der Waals surface area contributed by atoms with Crippen LogP contribution in [0.4, 0.5) is 0 Å². The molecule has 1 aromatic carbocycles. The molecular formula is C15H18O6. The first-order valence-electron chi connectivity index (χ1n) is 6.74. The van der Waals surface area contributed by atoms with E-state index in [2.05, 4.69) is 4.74 Å². The summed E-state index contributed by atoms with van der Waals surface area (Å²) in [5, 5.41) is 0. The van der Waals surface area contributed by atoms with Gasteiger partial charge in [0.15, 0.2) is 0 Å². The molecule has 2 fully saturated rings. The monoisotopic (exact) mass is 294 g/mol. The number of rotatable bonds is 5. The number of hydrogen-bond acceptors (Lipinski definition) is 6. The summed E-state index contributed by atoms with van der Waals surface area (Å²) in [6.45, 7) is 3.64. The molecule has 2 heterocycles. The molecule has 0 aliphatic carbocycles. The van der Waals surface area contributed by atoms with Gasteiger partial charge in [-0.25, -0.2) is 4.79 Å². The lowest BCUT2D eigenvalue weighted by Gasteiger charge is -2.01. The van der Waals surface area contributed by atoms with E-state index in [-0.39, 0.29) is 24.1 Å². The van der Waals surface area contributed by atoms with Gasteiger partial charge in [0, 0.05) is 6.92 Å². The van der Waals surface area contributed by atoms with E-state index in [0.29, 0.717) is 25.4 Å². The normalized spacial score (nSPS) is 21.6. The number of epoxide rings is 2. The van der Waals surface area contributed by atoms with Crippen LogP contribution in [0.15, 0.2) is 30.3 Å². The second kappa shape index (κ2) is 7.75. The van der Waals surface area contributed by atoms with Gasteiger partial charge in [0.05, 0.1) is 18.8 Å². The summed E-state index contributed by atoms with van der Waals surface area (Å²) in [5.41, 5.74) is 0.586. The van der Waals surface area contributed by atoms with Gasteiger partial charge in [-0.15, -0.1) is 0 Å². The van der Waals surface area contributed by atoms with Crippen LogP contribution in [-0.4, -0.2) is 50.6 Å². The van der Waals surface area contributed by atoms with Crippen molar-refractivity contribution < 1.29 is 28.5 Å². The molecule has 0 bridgehead atoms. The first-order chi connectivity index (χ1) is 10.1. The van der Waals surface area contributed by atoms with Crippen LogP contribution in [0.3, 0.4) is 0 Å². The van der Waals surface area contributed by atoms with Gasteiger partial charge in [-0.2, -0.15) is 0 Å². The molecule has 2 aliphatic rings. The number of carbonyl (C=O) groups is 2. The molecule has 0 N–H and O–H groups in total. The maximum absolute atomic E-state index is 11.3. The Balaban J connectivity index is 0.000000173. The van der Waals surface area contributed by atoms with Crippen molar-refractivity contribution in [2.24, 2.45) is 0 Å². The Labute approximate surface area is 122 Å². The zero-order chi connectivity index (χ0) is 15.1. The molecule has 2 unspecified atom stereocenters. The van der Waals surface area contributed by atoms with Crippen molar-refractivity contribution >= 4 is 11.9 Å². The summed E-state index contributed by atoms with van der Waals surface area (Å²) < 4.78 is 19.3. The lowest BCUT2D eigenvalue weighted by atomic mass is 10.2. The smallest absolute Gasteiger partial charge is 0.338 e. The highest BCUT2D eigenvalue weighted by molar-refractivity contribution is 5.89. The minimum absolute atomic E-state index is 0.132. The van der Waals surface area contributed by atoms with E-state index in [9.17, 15) is 9.59 Å². The first-order valence-corrected chi connectivity index (χ1v) is 6.74. The van der Waals surface area contributed by atoms with Gasteiger partial charge < -0.3 is 18.9 Å². The standard InChI is InChI=1S/C10H10O3.C5H8O3/c11-10(13-7-9-6-12-9)8-4-2-1-3-5-8;1-4(6)7-2-5-3-8-5/h1-5,9H,6-7H2;5H,2-3H2,1H3. The fraction of sp³-hybridized carbons (Fsp3) is 0.467. The largest absolute Gasteiger partial charge is 0.463 e. The minimum atomic E-state index is -0.281. The fourth-order valence-corrected chi connectivity index (χ4v) is 1.37. The van der Waals surface area contributed by atoms with E-state index in [0.717, 1.165) is 6.61 Å². The Morgan fingerprint density at radius 1 is 1.05 bits per heavy atom. The predicted octanol–water partition coefficient (Wildman–Crippen LogP) is 1.19. The number of carbonyl (C=O) groups excluding carboxylic acids is 2. The molecule has 21 heavy (non-hydrogen) atoms. The van der Waals surface area contributed by atoms with Crippen LogP contribution in [0, 0.1) is 0 Å². The second-order valence-corrected chi connectivity index (χ2v) is 4.68. The van der Waals surface area contributed by atoms with Crippen LogP contribution in [0.2, 0.25) is 0 Å². The third-order valence-electron chi connectivity index (χ3n) is 2.69. The molecule has 3 rings (SSSR count). The second-order valence-electron chi connectivity index (χ2n) is 4.68. The Morgan fingerprint density at radius 2 is 1.57 bits per heavy atom. The Morgan fingerprint density at radius 3 is 2.05 bits per heavy atom. The highest BCUT2D eigenvalue weighted by Crippen LogP contribution is 2.10. The Bertz CT molecular complexity index is 464. The van der Waals surface area contributed by atoms with E-state index in [1.54, 1.807) is 12.1 Å². The molecule has 114 valence electrons. The van der Waals surface area contributed by atoms with Crippen LogP contribution in [0.25, 0.3) is 0 Å². The van der Waals surface area contributed by atoms with Crippen LogP contribution in [0.5, 0.6) is 0 Å². The quantitative estimate of drug-likeness (QED) is 0.599. The predicted molar refractivity (Wildman–Crippen MR) is 72.8 cm³/mol. The summed E-state index contributed by atoms with van der Waals surface area (Å²) in [5.74, 6) is -0.517. The number of ether oxygens (including phenoxy) is 4. The Hall–Kier alpha value is -1.92. The molecule has 2 atom stereocenters. The average molecular weight is 294 g/mol. The minimum Gasteiger partial charge on any atom is -0.463 e. The molecule has 0 radical (unpaired) electrons. The number of esters is 2. The summed E-state index contributed by atoms with van der Waals surface area (Å²) >= 11 is 0. The molecule has 0 spiro atoms. The third-order valence-corrected chi connectivity index (χ3v) is 2.69. The SMILES string of the molecule is CC(=O)OCC1CO1.O=C(OCC1CO1)c1ccccc1. The molecule has 0 aromatic heterocycles. The number of hydrogen-bond donors (Lipinski definition) is 0. The molecule has 2 saturated heterocycles. The molecule has 0 amide bonds. The van der Waals surface area contributed by atoms with Crippen LogP contribution >= 0.6 is 0 Å². The lowest BCUT2D eigenvalue weighted by molar-refractivity contribution is -0.141. The fourth-order valence-electron chi connectivity index (χ4n) is 1.37. The van der Waals surface area contributed by atoms with Gasteiger partial charge in [-0.1, -0.05) is 18.2 Å². The average Bonchev–Trinajstić information content (AvgIpc) is 3.39. The molecular weight excluding hydrogens is 276 g/mol. The zero-order valence-electron chi connectivity index (χ0n) is 11.8. The van der Waals surface area contributed by atoms with Crippen molar-refractivity contribution in [1.82, 2.24) is 0 Å². The topological polar surface area (TPSA) is 77.7 Å². The number of benzene rings is 1. The van der Waals surface area contributed by atoms with Crippen molar-refractivity contribution in [3.63, 3.8) is 0 Å². The highest BCUT2D eigenvalue weighted by atomic mass is 16.6. The summed E-state index contributed by atoms with van der Waals surface area (Å²) in [4.78, 5) is 21.4. The van der Waals surface area contributed by atoms with E-state index in [1.807, 2.05) is 18.2 Å². The van der Waals surface area contributed by atoms with E-state index in [1.165, 1.54) is 6.92 Å². The highest BCUT2D eigenvalue weighted by Gasteiger charge is 2.24. The van der Waals surface area contributed by atoms with Crippen LogP contribution in [0.1, 0.15) is 17.3 Å². The van der Waals surface area contributed by atoms with Crippen LogP contribution in [-0.2, 0) is 23.7 Å². The summed E-state index contributed by atoms with van der Waals surface area (Å²) in [7, 11) is 0. The summed E-state index contributed by atoms with van der Waals surface area (Å²) in [6.07, 6.45) is 0.326. The summed E-state index contributed by atoms with van der Waals surface area (Å²) in [6, 6.07) is 8.95. The lowest BCUT2D eigenvalue weighted by Crippen LogP contribution is -2.09. The molecule has 0 saturated carbocycles. The van der Waals surface area contributed by atoms with Gasteiger partial charge in [0.2, 0.25) is 0 Å². The van der Waals surface area contributed by atoms with Crippen molar-refractivity contribution in [3.05, 3.63) is 35.9 Å². The maximum atomic E-state index is 11.3. The molecule has 6 heteroatoms. The van der Waals surface area contributed by atoms with E-state index < -0.39 is 0 Å². The van der Waals surface area contributed by atoms with Crippen molar-refractivity contribution in [2.45, 2.75) is 19.1 Å². The van der Waals surface area contributed by atoms with Gasteiger partial charge in [-0.3, -0.25) is 4.79 Å². The van der Waals surface area contributed by atoms with Gasteiger partial charge in [0.1, 0.15) is 25.4 Å². The molecule has 1 aromatic rings. The van der Waals surface area contributed by atoms with Crippen LogP contribution < -0.4 is 0 Å². The van der Waals surface area contributed by atoms with E-state index >= 15 is 0 Å². The van der Waals surface area contributed by atoms with Crippen molar-refractivity contribution in [3.8, 4) is 0 Å². The van der Waals surface area contributed by atoms with Crippen molar-refractivity contribution in [2.75, 3.05) is 26.4 Å². The molecule has 2 aliphatic heterocycles. The van der Waals surface area contributed by atoms with Gasteiger partial charge >= 0.3 is 11.9 Å². The van der Waals surface area contributed by atoms with Gasteiger partial charge in [-0.05, 0) is 12.1 Å². The molecule has 6 nitrogen and oxygen atoms in total. The maximum Gasteiger partial charge on any atom is 0.338 e. The van der Waals surface area contributed by atoms with Crippen molar-refractivity contribution in [1.29, 1.82) is 0 Å². The van der Waals surface area contributed by atoms with E-state index in [4.69, 9.17) is 14.2 Å². The van der Waals surface area contributed by atoms with Gasteiger partial charge in [0.25, 0.3) is 0 Å². The Kier molecular flexibility index (Phi) is 5.71. The third kappa shape index (κ3) is 6.87. The zero-order valence-corrected chi connectivity index (χ0v) is 11.8.